The molecule has 0 amide bonds. The third kappa shape index (κ3) is 5.81. The Morgan fingerprint density at radius 1 is 0.964 bits per heavy atom. The van der Waals surface area contributed by atoms with Gasteiger partial charge in [0.05, 0.1) is 21.0 Å². The Balaban J connectivity index is 0.00000392. The van der Waals surface area contributed by atoms with E-state index >= 15 is 0 Å². The molecule has 2 aliphatic heterocycles. The largest absolute Gasteiger partial charge is 2.00 e. The number of phosphoric acid groups is 1. The smallest absolute Gasteiger partial charge is 0.790 e. The molecule has 14 nitrogen and oxygen atoms in total. The first-order valence-electron chi connectivity index (χ1n) is 7.75. The predicted molar refractivity (Wildman–Crippen MR) is 80.9 cm³/mol. The number of rotatable bonds is 7. The molecular weight excluding hydrogens is 439 g/mol. The second-order valence-corrected chi connectivity index (χ2v) is 7.27. The first-order chi connectivity index (χ1) is 12.5. The summed E-state index contributed by atoms with van der Waals surface area (Å²) in [6.45, 7) is -2.85. The van der Waals surface area contributed by atoms with Gasteiger partial charge in [-0.3, -0.25) is 0 Å². The van der Waals surface area contributed by atoms with Gasteiger partial charge in [-0.15, -0.1) is 0 Å². The van der Waals surface area contributed by atoms with E-state index in [1.54, 1.807) is 0 Å². The maximum atomic E-state index is 10.6. The fourth-order valence-corrected chi connectivity index (χ4v) is 3.11. The molecule has 9 atom stereocenters. The number of aliphatic hydroxyl groups excluding tert-OH is 7. The predicted octanol–water partition coefficient (Wildman–Crippen LogP) is -6.92. The number of ether oxygens (including phenoxy) is 3. The number of aliphatic hydroxyl groups is 7. The van der Waals surface area contributed by atoms with Crippen LogP contribution < -0.4 is 9.79 Å². The first kappa shape index (κ1) is 27.0. The average Bonchev–Trinajstić information content (AvgIpc) is 2.85. The van der Waals surface area contributed by atoms with Crippen molar-refractivity contribution in [1.82, 2.24) is 0 Å². The van der Waals surface area contributed by atoms with E-state index in [-0.39, 0.29) is 37.7 Å². The summed E-state index contributed by atoms with van der Waals surface area (Å²) in [6, 6.07) is 0. The fourth-order valence-electron chi connectivity index (χ4n) is 2.78. The van der Waals surface area contributed by atoms with Crippen molar-refractivity contribution in [2.24, 2.45) is 0 Å². The minimum absolute atomic E-state index is 0. The van der Waals surface area contributed by atoms with Gasteiger partial charge in [-0.05, 0) is 0 Å². The van der Waals surface area contributed by atoms with Gasteiger partial charge in [0.1, 0.15) is 49.3 Å². The zero-order chi connectivity index (χ0) is 20.6. The van der Waals surface area contributed by atoms with Crippen molar-refractivity contribution in [3.63, 3.8) is 0 Å². The van der Waals surface area contributed by atoms with Crippen LogP contribution in [0.25, 0.3) is 0 Å². The van der Waals surface area contributed by atoms with E-state index < -0.39 is 82.4 Å². The van der Waals surface area contributed by atoms with Crippen LogP contribution in [0.2, 0.25) is 0 Å². The average molecular weight is 460 g/mol. The number of phosphoric ester groups is 1. The minimum Gasteiger partial charge on any atom is -0.790 e. The van der Waals surface area contributed by atoms with Crippen molar-refractivity contribution >= 4 is 45.6 Å². The van der Waals surface area contributed by atoms with Crippen LogP contribution in [0.1, 0.15) is 0 Å². The van der Waals surface area contributed by atoms with Crippen LogP contribution in [-0.2, 0) is 23.3 Å². The monoisotopic (exact) mass is 460 g/mol. The van der Waals surface area contributed by atoms with Gasteiger partial charge in [0.25, 0.3) is 0 Å². The van der Waals surface area contributed by atoms with Crippen molar-refractivity contribution in [2.45, 2.75) is 54.8 Å². The molecule has 0 saturated carbocycles. The van der Waals surface area contributed by atoms with E-state index in [4.69, 9.17) is 19.3 Å². The summed E-state index contributed by atoms with van der Waals surface area (Å²) in [7, 11) is -5.43. The summed E-state index contributed by atoms with van der Waals surface area (Å²) in [5.41, 5.74) is 0. The molecule has 7 N–H and O–H groups in total. The van der Waals surface area contributed by atoms with E-state index in [1.807, 2.05) is 0 Å². The molecule has 0 aromatic heterocycles. The van der Waals surface area contributed by atoms with Gasteiger partial charge in [0.2, 0.25) is 5.79 Å². The van der Waals surface area contributed by atoms with Crippen LogP contribution in [0.4, 0.5) is 0 Å². The molecule has 0 unspecified atom stereocenters. The van der Waals surface area contributed by atoms with Crippen LogP contribution in [0.3, 0.4) is 0 Å². The van der Waals surface area contributed by atoms with Crippen molar-refractivity contribution in [2.75, 3.05) is 19.8 Å². The normalized spacial score (nSPS) is 44.3. The molecule has 2 saturated heterocycles. The molecule has 2 fully saturated rings. The fraction of sp³-hybridized carbons (Fsp3) is 1.00. The number of hydrogen-bond acceptors (Lipinski definition) is 14. The molecular formula is C12H21CaO14P. The molecule has 0 bridgehead atoms. The minimum atomic E-state index is -5.43. The molecule has 160 valence electrons. The third-order valence-corrected chi connectivity index (χ3v) is 4.75. The van der Waals surface area contributed by atoms with E-state index in [1.165, 1.54) is 0 Å². The van der Waals surface area contributed by atoms with Crippen molar-refractivity contribution in [3.8, 4) is 0 Å². The van der Waals surface area contributed by atoms with Gasteiger partial charge < -0.3 is 68.8 Å². The Labute approximate surface area is 188 Å². The van der Waals surface area contributed by atoms with Gasteiger partial charge in [-0.25, -0.2) is 0 Å². The molecule has 0 aromatic rings. The molecule has 0 radical (unpaired) electrons. The Bertz CT molecular complexity index is 548. The Hall–Kier alpha value is 0.970. The van der Waals surface area contributed by atoms with Crippen LogP contribution in [0.15, 0.2) is 0 Å². The van der Waals surface area contributed by atoms with Gasteiger partial charge >= 0.3 is 37.7 Å². The topological polar surface area (TPSA) is 242 Å². The SMILES string of the molecule is O=P([O-])([O-])OC[C@H]1O[C@H](O[C@]2(CO)O[C@H](CO)[C@@H](O)[C@@H]2O)[C@H](O)[C@@H](O)[C@@H]1O.[Ca+2]. The summed E-state index contributed by atoms with van der Waals surface area (Å²) in [5, 5.41) is 68.2. The van der Waals surface area contributed by atoms with Crippen molar-refractivity contribution in [3.05, 3.63) is 0 Å². The van der Waals surface area contributed by atoms with Crippen LogP contribution in [0, 0.1) is 0 Å². The third-order valence-electron chi connectivity index (χ3n) is 4.29. The molecule has 0 spiro atoms. The summed E-state index contributed by atoms with van der Waals surface area (Å²) < 4.78 is 29.9. The van der Waals surface area contributed by atoms with Crippen LogP contribution in [0.5, 0.6) is 0 Å². The molecule has 28 heavy (non-hydrogen) atoms. The van der Waals surface area contributed by atoms with E-state index in [2.05, 4.69) is 4.52 Å². The van der Waals surface area contributed by atoms with Gasteiger partial charge in [0.15, 0.2) is 6.29 Å². The first-order valence-corrected chi connectivity index (χ1v) is 9.21. The molecule has 2 rings (SSSR count). The molecule has 16 heteroatoms. The van der Waals surface area contributed by atoms with E-state index in [0.29, 0.717) is 0 Å². The molecule has 2 heterocycles. The summed E-state index contributed by atoms with van der Waals surface area (Å²) in [5.74, 6) is -2.38. The molecule has 0 aliphatic carbocycles. The Kier molecular flexibility index (Phi) is 10.1. The van der Waals surface area contributed by atoms with E-state index in [0.717, 1.165) is 0 Å². The second-order valence-electron chi connectivity index (χ2n) is 6.12. The summed E-state index contributed by atoms with van der Waals surface area (Å²) in [4.78, 5) is 21.1. The van der Waals surface area contributed by atoms with Crippen LogP contribution in [-0.4, -0.2) is 148 Å². The second kappa shape index (κ2) is 10.5. The standard InChI is InChI=1S/C12H23O14P.Ca/c13-1-4-7(16)10(19)12(3-14,25-4)26-11-9(18)8(17)6(15)5(24-11)2-23-27(20,21)22;/h4-11,13-19H,1-3H2,(H2,20,21,22);/q;+2/p-2/t4-,5-,6-,7-,8+,9-,10+,11-,12+;/m1./s1. The summed E-state index contributed by atoms with van der Waals surface area (Å²) >= 11 is 0. The van der Waals surface area contributed by atoms with Crippen LogP contribution >= 0.6 is 7.82 Å². The Morgan fingerprint density at radius 2 is 1.57 bits per heavy atom. The number of hydrogen-bond donors (Lipinski definition) is 7. The van der Waals surface area contributed by atoms with Gasteiger partial charge in [-0.1, -0.05) is 0 Å². The molecule has 2 aliphatic rings. The molecule has 0 aromatic carbocycles. The van der Waals surface area contributed by atoms with Gasteiger partial charge in [0, 0.05) is 0 Å². The van der Waals surface area contributed by atoms with E-state index in [9.17, 15) is 45.0 Å². The van der Waals surface area contributed by atoms with Crippen molar-refractivity contribution < 1.29 is 68.8 Å². The zero-order valence-electron chi connectivity index (χ0n) is 14.4. The maximum absolute atomic E-state index is 10.6. The zero-order valence-corrected chi connectivity index (χ0v) is 17.5. The Morgan fingerprint density at radius 3 is 2.04 bits per heavy atom. The quantitative estimate of drug-likeness (QED) is 0.138. The van der Waals surface area contributed by atoms with Crippen molar-refractivity contribution in [1.29, 1.82) is 0 Å². The maximum Gasteiger partial charge on any atom is 2.00 e. The summed E-state index contributed by atoms with van der Waals surface area (Å²) in [6.07, 6.45) is -14.3. The van der Waals surface area contributed by atoms with Gasteiger partial charge in [-0.2, -0.15) is 0 Å².